The number of H-pyrrole nitrogens is 1. The van der Waals surface area contributed by atoms with Crippen LogP contribution < -0.4 is 27.2 Å². The van der Waals surface area contributed by atoms with Crippen LogP contribution in [0.2, 0.25) is 5.02 Å². The van der Waals surface area contributed by atoms with E-state index in [-0.39, 0.29) is 55.9 Å². The molecule has 1 heterocycles. The van der Waals surface area contributed by atoms with Gasteiger partial charge in [-0.15, -0.1) is 0 Å². The Balaban J connectivity index is 2.24. The molecule has 2 aromatic rings. The predicted octanol–water partition coefficient (Wildman–Crippen LogP) is 2.13. The average molecular weight is 480 g/mol. The molecule has 1 aromatic heterocycles. The number of aromatic amines is 1. The third-order valence-electron chi connectivity index (χ3n) is 4.88. The molecule has 2 rings (SSSR count). The summed E-state index contributed by atoms with van der Waals surface area (Å²) in [7, 11) is 1.46. The van der Waals surface area contributed by atoms with E-state index in [0.717, 1.165) is 10.5 Å². The molecule has 180 valence electrons. The van der Waals surface area contributed by atoms with Gasteiger partial charge in [-0.3, -0.25) is 23.9 Å². The lowest BCUT2D eigenvalue weighted by Gasteiger charge is -2.24. The van der Waals surface area contributed by atoms with Crippen LogP contribution in [0.25, 0.3) is 0 Å². The lowest BCUT2D eigenvalue weighted by Crippen LogP contribution is -2.43. The molecule has 0 aliphatic carbocycles. The van der Waals surface area contributed by atoms with Crippen molar-refractivity contribution in [2.45, 2.75) is 40.2 Å². The smallest absolute Gasteiger partial charge is 0.330 e. The molecule has 0 aliphatic rings. The number of carbonyl (C=O) groups excluding carboxylic acids is 2. The van der Waals surface area contributed by atoms with Gasteiger partial charge in [0, 0.05) is 43.8 Å². The van der Waals surface area contributed by atoms with Gasteiger partial charge in [0.25, 0.3) is 5.56 Å². The zero-order valence-corrected chi connectivity index (χ0v) is 20.0. The zero-order chi connectivity index (χ0) is 24.7. The molecule has 4 N–H and O–H groups in total. The van der Waals surface area contributed by atoms with Crippen molar-refractivity contribution in [2.24, 2.45) is 5.92 Å². The van der Waals surface area contributed by atoms with Crippen molar-refractivity contribution in [2.75, 3.05) is 36.2 Å². The second-order valence-electron chi connectivity index (χ2n) is 8.04. The van der Waals surface area contributed by atoms with Crippen LogP contribution in [0, 0.1) is 12.8 Å². The molecule has 0 bridgehead atoms. The summed E-state index contributed by atoms with van der Waals surface area (Å²) in [4.78, 5) is 53.6. The fourth-order valence-electron chi connectivity index (χ4n) is 3.26. The molecule has 2 amide bonds. The van der Waals surface area contributed by atoms with Crippen LogP contribution in [0.5, 0.6) is 0 Å². The van der Waals surface area contributed by atoms with E-state index < -0.39 is 17.2 Å². The quantitative estimate of drug-likeness (QED) is 0.477. The van der Waals surface area contributed by atoms with E-state index in [1.54, 1.807) is 25.1 Å². The van der Waals surface area contributed by atoms with E-state index in [1.165, 1.54) is 11.7 Å². The van der Waals surface area contributed by atoms with Gasteiger partial charge in [-0.1, -0.05) is 25.4 Å². The lowest BCUT2D eigenvalue weighted by molar-refractivity contribution is -0.122. The minimum Gasteiger partial charge on any atom is -0.383 e. The van der Waals surface area contributed by atoms with Crippen LogP contribution in [0.4, 0.5) is 17.2 Å². The van der Waals surface area contributed by atoms with Gasteiger partial charge in [0.05, 0.1) is 6.61 Å². The number of nitrogen functional groups attached to an aromatic ring is 1. The van der Waals surface area contributed by atoms with E-state index in [0.29, 0.717) is 10.7 Å². The number of rotatable bonds is 10. The molecule has 0 spiro atoms. The second-order valence-corrected chi connectivity index (χ2v) is 8.48. The van der Waals surface area contributed by atoms with Crippen LogP contribution in [0.3, 0.4) is 0 Å². The Labute approximate surface area is 196 Å². The average Bonchev–Trinajstić information content (AvgIpc) is 2.73. The summed E-state index contributed by atoms with van der Waals surface area (Å²) >= 11 is 5.93. The number of hydrogen-bond donors (Lipinski definition) is 3. The number of anilines is 3. The van der Waals surface area contributed by atoms with E-state index in [1.807, 2.05) is 13.8 Å². The highest BCUT2D eigenvalue weighted by atomic mass is 35.5. The van der Waals surface area contributed by atoms with Crippen molar-refractivity contribution < 1.29 is 14.3 Å². The first-order chi connectivity index (χ1) is 15.5. The molecule has 0 unspecified atom stereocenters. The number of amides is 2. The lowest BCUT2D eigenvalue weighted by atomic mass is 10.2. The molecule has 0 atom stereocenters. The van der Waals surface area contributed by atoms with Gasteiger partial charge in [-0.05, 0) is 36.6 Å². The minimum absolute atomic E-state index is 0.0282. The Hall–Kier alpha value is -3.11. The largest absolute Gasteiger partial charge is 0.383 e. The van der Waals surface area contributed by atoms with Gasteiger partial charge in [-0.2, -0.15) is 0 Å². The van der Waals surface area contributed by atoms with Crippen molar-refractivity contribution in [3.63, 3.8) is 0 Å². The summed E-state index contributed by atoms with van der Waals surface area (Å²) in [6.07, 6.45) is -0.293. The third kappa shape index (κ3) is 6.93. The molecular formula is C22H30ClN5O5. The molecule has 0 radical (unpaired) electrons. The SMILES string of the molecule is COCCN(C(=O)CCC(=O)Nc1ccc(Cl)cc1C)c1c(N)n(CC(C)C)c(=O)[nH]c1=O. The molecule has 33 heavy (non-hydrogen) atoms. The van der Waals surface area contributed by atoms with Crippen LogP contribution >= 0.6 is 11.6 Å². The number of aromatic nitrogens is 2. The number of methoxy groups -OCH3 is 1. The van der Waals surface area contributed by atoms with Crippen LogP contribution in [-0.4, -0.2) is 41.6 Å². The van der Waals surface area contributed by atoms with Crippen molar-refractivity contribution in [3.8, 4) is 0 Å². The fourth-order valence-corrected chi connectivity index (χ4v) is 3.49. The highest BCUT2D eigenvalue weighted by Crippen LogP contribution is 2.21. The highest BCUT2D eigenvalue weighted by Gasteiger charge is 2.24. The normalized spacial score (nSPS) is 11.0. The Kier molecular flexibility index (Phi) is 9.24. The summed E-state index contributed by atoms with van der Waals surface area (Å²) in [5.41, 5.74) is 5.97. The molecule has 1 aromatic carbocycles. The van der Waals surface area contributed by atoms with Crippen LogP contribution in [0.15, 0.2) is 27.8 Å². The number of carbonyl (C=O) groups is 2. The molecule has 0 aliphatic heterocycles. The minimum atomic E-state index is -0.775. The first-order valence-corrected chi connectivity index (χ1v) is 10.9. The van der Waals surface area contributed by atoms with E-state index in [9.17, 15) is 19.2 Å². The van der Waals surface area contributed by atoms with Crippen molar-refractivity contribution >= 4 is 40.6 Å². The number of aryl methyl sites for hydroxylation is 1. The van der Waals surface area contributed by atoms with Gasteiger partial charge in [-0.25, -0.2) is 4.79 Å². The van der Waals surface area contributed by atoms with E-state index in [4.69, 9.17) is 22.1 Å². The standard InChI is InChI=1S/C22H30ClN5O5/c1-13(2)12-28-20(24)19(21(31)26-22(28)32)27(9-10-33-4)18(30)8-7-17(29)25-16-6-5-15(23)11-14(16)3/h5-6,11,13H,7-10,12,24H2,1-4H3,(H,25,29)(H,26,31,32). The highest BCUT2D eigenvalue weighted by molar-refractivity contribution is 6.30. The van der Waals surface area contributed by atoms with Crippen LogP contribution in [-0.2, 0) is 20.9 Å². The molecule has 10 nitrogen and oxygen atoms in total. The summed E-state index contributed by atoms with van der Waals surface area (Å²) in [5, 5.41) is 3.30. The van der Waals surface area contributed by atoms with Gasteiger partial charge >= 0.3 is 5.69 Å². The maximum atomic E-state index is 13.0. The van der Waals surface area contributed by atoms with Crippen molar-refractivity contribution in [1.29, 1.82) is 0 Å². The Bertz CT molecular complexity index is 1130. The number of ether oxygens (including phenoxy) is 1. The summed E-state index contributed by atoms with van der Waals surface area (Å²) in [5.74, 6) is -0.899. The van der Waals surface area contributed by atoms with Crippen LogP contribution in [0.1, 0.15) is 32.3 Å². The Morgan fingerprint density at radius 3 is 2.58 bits per heavy atom. The maximum absolute atomic E-state index is 13.0. The van der Waals surface area contributed by atoms with Gasteiger partial charge < -0.3 is 20.7 Å². The number of benzene rings is 1. The molecule has 0 saturated heterocycles. The molecule has 11 heteroatoms. The third-order valence-corrected chi connectivity index (χ3v) is 5.12. The summed E-state index contributed by atoms with van der Waals surface area (Å²) in [6, 6.07) is 5.05. The number of nitrogens with zero attached hydrogens (tertiary/aromatic N) is 2. The molecular weight excluding hydrogens is 450 g/mol. The first kappa shape index (κ1) is 26.1. The maximum Gasteiger partial charge on any atom is 0.330 e. The Morgan fingerprint density at radius 2 is 1.97 bits per heavy atom. The van der Waals surface area contributed by atoms with Gasteiger partial charge in [0.2, 0.25) is 11.8 Å². The van der Waals surface area contributed by atoms with E-state index in [2.05, 4.69) is 10.3 Å². The van der Waals surface area contributed by atoms with Gasteiger partial charge in [0.1, 0.15) is 5.82 Å². The van der Waals surface area contributed by atoms with Crippen molar-refractivity contribution in [3.05, 3.63) is 49.6 Å². The number of nitrogens with one attached hydrogen (secondary N) is 2. The summed E-state index contributed by atoms with van der Waals surface area (Å²) in [6.45, 7) is 6.02. The number of halogens is 1. The predicted molar refractivity (Wildman–Crippen MR) is 129 cm³/mol. The topological polar surface area (TPSA) is 140 Å². The first-order valence-electron chi connectivity index (χ1n) is 10.5. The van der Waals surface area contributed by atoms with E-state index >= 15 is 0 Å². The fraction of sp³-hybridized carbons (Fsp3) is 0.455. The second kappa shape index (κ2) is 11.7. The molecule has 0 saturated carbocycles. The van der Waals surface area contributed by atoms with Crippen molar-refractivity contribution in [1.82, 2.24) is 9.55 Å². The Morgan fingerprint density at radius 1 is 1.27 bits per heavy atom. The monoisotopic (exact) mass is 479 g/mol. The molecule has 0 fully saturated rings. The zero-order valence-electron chi connectivity index (χ0n) is 19.2. The number of nitrogens with two attached hydrogens (primary N) is 1. The van der Waals surface area contributed by atoms with Gasteiger partial charge in [0.15, 0.2) is 5.69 Å². The summed E-state index contributed by atoms with van der Waals surface area (Å²) < 4.78 is 6.29. The number of hydrogen-bond acceptors (Lipinski definition) is 6.